The third kappa shape index (κ3) is 2.57. The van der Waals surface area contributed by atoms with Gasteiger partial charge >= 0.3 is 6.09 Å². The first-order valence-electron chi connectivity index (χ1n) is 6.04. The lowest BCUT2D eigenvalue weighted by Gasteiger charge is -2.02. The number of rotatable bonds is 2. The molecular formula is C14H9N3O4. The number of ether oxygens (including phenoxy) is 1. The SMILES string of the molecule is O=C(Oc1ccc([N+](=O)[O-])cc1)n1cc2ccccc2n1. The van der Waals surface area contributed by atoms with Gasteiger partial charge in [-0.15, -0.1) is 0 Å². The molecule has 0 N–H and O–H groups in total. The first-order valence-corrected chi connectivity index (χ1v) is 6.04. The van der Waals surface area contributed by atoms with Gasteiger partial charge in [0.2, 0.25) is 0 Å². The van der Waals surface area contributed by atoms with Crippen LogP contribution in [0.2, 0.25) is 0 Å². The van der Waals surface area contributed by atoms with Gasteiger partial charge in [0, 0.05) is 23.7 Å². The van der Waals surface area contributed by atoms with E-state index in [0.29, 0.717) is 5.52 Å². The average molecular weight is 283 g/mol. The Hall–Kier alpha value is -3.22. The van der Waals surface area contributed by atoms with E-state index in [1.54, 1.807) is 12.3 Å². The van der Waals surface area contributed by atoms with Crippen molar-refractivity contribution in [1.29, 1.82) is 0 Å². The van der Waals surface area contributed by atoms with Crippen molar-refractivity contribution in [3.05, 3.63) is 64.8 Å². The molecule has 0 saturated heterocycles. The van der Waals surface area contributed by atoms with E-state index >= 15 is 0 Å². The molecule has 3 aromatic rings. The fourth-order valence-corrected chi connectivity index (χ4v) is 1.84. The van der Waals surface area contributed by atoms with Crippen molar-refractivity contribution in [3.8, 4) is 5.75 Å². The molecule has 1 heterocycles. The predicted molar refractivity (Wildman–Crippen MR) is 74.3 cm³/mol. The van der Waals surface area contributed by atoms with Crippen LogP contribution in [0.3, 0.4) is 0 Å². The van der Waals surface area contributed by atoms with Crippen LogP contribution in [0.5, 0.6) is 5.75 Å². The Balaban J connectivity index is 1.80. The van der Waals surface area contributed by atoms with Crippen LogP contribution in [0.15, 0.2) is 54.7 Å². The smallest absolute Gasteiger partial charge is 0.409 e. The van der Waals surface area contributed by atoms with Gasteiger partial charge in [0.25, 0.3) is 5.69 Å². The van der Waals surface area contributed by atoms with Gasteiger partial charge in [0.1, 0.15) is 5.75 Å². The molecular weight excluding hydrogens is 274 g/mol. The summed E-state index contributed by atoms with van der Waals surface area (Å²) >= 11 is 0. The standard InChI is InChI=1S/C14H9N3O4/c18-14(16-9-10-3-1-2-4-13(10)15-16)21-12-7-5-11(6-8-12)17(19)20/h1-9H. The average Bonchev–Trinajstić information content (AvgIpc) is 2.92. The predicted octanol–water partition coefficient (Wildman–Crippen LogP) is 2.99. The largest absolute Gasteiger partial charge is 0.440 e. The molecule has 0 atom stereocenters. The zero-order valence-corrected chi connectivity index (χ0v) is 10.7. The lowest BCUT2D eigenvalue weighted by molar-refractivity contribution is -0.384. The van der Waals surface area contributed by atoms with Crippen LogP contribution in [0.1, 0.15) is 0 Å². The minimum atomic E-state index is -0.681. The lowest BCUT2D eigenvalue weighted by Crippen LogP contribution is -2.17. The molecule has 0 amide bonds. The number of hydrogen-bond donors (Lipinski definition) is 0. The highest BCUT2D eigenvalue weighted by Crippen LogP contribution is 2.18. The fourth-order valence-electron chi connectivity index (χ4n) is 1.84. The maximum absolute atomic E-state index is 11.9. The number of hydrogen-bond acceptors (Lipinski definition) is 5. The maximum atomic E-state index is 11.9. The van der Waals surface area contributed by atoms with Crippen molar-refractivity contribution in [2.24, 2.45) is 0 Å². The van der Waals surface area contributed by atoms with Gasteiger partial charge in [0.15, 0.2) is 0 Å². The molecule has 0 aliphatic rings. The molecule has 104 valence electrons. The summed E-state index contributed by atoms with van der Waals surface area (Å²) in [4.78, 5) is 22.0. The van der Waals surface area contributed by atoms with Crippen molar-refractivity contribution in [2.75, 3.05) is 0 Å². The van der Waals surface area contributed by atoms with E-state index in [1.807, 2.05) is 18.2 Å². The van der Waals surface area contributed by atoms with Crippen LogP contribution in [0.4, 0.5) is 10.5 Å². The van der Waals surface area contributed by atoms with Crippen molar-refractivity contribution in [3.63, 3.8) is 0 Å². The molecule has 0 saturated carbocycles. The van der Waals surface area contributed by atoms with Gasteiger partial charge in [-0.2, -0.15) is 9.78 Å². The Labute approximate surface area is 118 Å². The second kappa shape index (κ2) is 5.04. The summed E-state index contributed by atoms with van der Waals surface area (Å²) in [5, 5.41) is 15.4. The number of carbonyl (C=O) groups is 1. The number of aromatic nitrogens is 2. The van der Waals surface area contributed by atoms with E-state index in [2.05, 4.69) is 5.10 Å². The number of carbonyl (C=O) groups excluding carboxylic acids is 1. The molecule has 7 heteroatoms. The molecule has 0 unspecified atom stereocenters. The first kappa shape index (κ1) is 12.8. The summed E-state index contributed by atoms with van der Waals surface area (Å²) < 4.78 is 6.19. The summed E-state index contributed by atoms with van der Waals surface area (Å²) in [6.07, 6.45) is 0.878. The third-order valence-electron chi connectivity index (χ3n) is 2.85. The third-order valence-corrected chi connectivity index (χ3v) is 2.85. The van der Waals surface area contributed by atoms with Gasteiger partial charge in [0.05, 0.1) is 10.4 Å². The Morgan fingerprint density at radius 3 is 2.52 bits per heavy atom. The number of benzene rings is 2. The Bertz CT molecular complexity index is 791. The highest BCUT2D eigenvalue weighted by molar-refractivity contribution is 5.83. The van der Waals surface area contributed by atoms with Crippen LogP contribution in [-0.2, 0) is 0 Å². The Morgan fingerprint density at radius 2 is 1.86 bits per heavy atom. The van der Waals surface area contributed by atoms with Crippen LogP contribution < -0.4 is 4.74 Å². The van der Waals surface area contributed by atoms with Gasteiger partial charge in [-0.1, -0.05) is 18.2 Å². The fraction of sp³-hybridized carbons (Fsp3) is 0. The molecule has 0 bridgehead atoms. The van der Waals surface area contributed by atoms with E-state index in [4.69, 9.17) is 4.74 Å². The summed E-state index contributed by atoms with van der Waals surface area (Å²) in [7, 11) is 0. The Morgan fingerprint density at radius 1 is 1.14 bits per heavy atom. The maximum Gasteiger partial charge on any atom is 0.440 e. The number of fused-ring (bicyclic) bond motifs is 1. The summed E-state index contributed by atoms with van der Waals surface area (Å²) in [6.45, 7) is 0. The zero-order chi connectivity index (χ0) is 14.8. The monoisotopic (exact) mass is 283 g/mol. The molecule has 0 radical (unpaired) electrons. The molecule has 2 aromatic carbocycles. The van der Waals surface area contributed by atoms with E-state index < -0.39 is 11.0 Å². The van der Waals surface area contributed by atoms with Gasteiger partial charge in [-0.3, -0.25) is 10.1 Å². The first-order chi connectivity index (χ1) is 10.1. The highest BCUT2D eigenvalue weighted by Gasteiger charge is 2.11. The van der Waals surface area contributed by atoms with Gasteiger partial charge < -0.3 is 4.74 Å². The van der Waals surface area contributed by atoms with Gasteiger partial charge in [-0.25, -0.2) is 4.79 Å². The minimum absolute atomic E-state index is 0.0698. The highest BCUT2D eigenvalue weighted by atomic mass is 16.6. The molecule has 1 aromatic heterocycles. The lowest BCUT2D eigenvalue weighted by atomic mass is 10.3. The molecule has 0 aliphatic carbocycles. The van der Waals surface area contributed by atoms with Crippen molar-refractivity contribution >= 4 is 22.7 Å². The quantitative estimate of drug-likeness (QED) is 0.533. The number of nitro benzene ring substituents is 1. The van der Waals surface area contributed by atoms with E-state index in [-0.39, 0.29) is 11.4 Å². The van der Waals surface area contributed by atoms with Crippen molar-refractivity contribution in [1.82, 2.24) is 9.78 Å². The summed E-state index contributed by atoms with van der Waals surface area (Å²) in [5.74, 6) is 0.213. The van der Waals surface area contributed by atoms with Crippen LogP contribution in [0.25, 0.3) is 10.9 Å². The second-order valence-corrected chi connectivity index (χ2v) is 4.25. The second-order valence-electron chi connectivity index (χ2n) is 4.25. The summed E-state index contributed by atoms with van der Waals surface area (Å²) in [5.41, 5.74) is 0.609. The molecule has 0 fully saturated rings. The molecule has 0 aliphatic heterocycles. The molecule has 7 nitrogen and oxygen atoms in total. The topological polar surface area (TPSA) is 87.3 Å². The van der Waals surface area contributed by atoms with Crippen molar-refractivity contribution < 1.29 is 14.5 Å². The normalized spacial score (nSPS) is 10.5. The van der Waals surface area contributed by atoms with Crippen LogP contribution >= 0.6 is 0 Å². The summed E-state index contributed by atoms with van der Waals surface area (Å²) in [6, 6.07) is 12.5. The van der Waals surface area contributed by atoms with Crippen LogP contribution in [-0.4, -0.2) is 20.8 Å². The molecule has 3 rings (SSSR count). The number of nitro groups is 1. The molecule has 0 spiro atoms. The number of nitrogens with zero attached hydrogens (tertiary/aromatic N) is 3. The zero-order valence-electron chi connectivity index (χ0n) is 10.7. The molecule has 21 heavy (non-hydrogen) atoms. The van der Waals surface area contributed by atoms with E-state index in [0.717, 1.165) is 10.1 Å². The van der Waals surface area contributed by atoms with E-state index in [9.17, 15) is 14.9 Å². The van der Waals surface area contributed by atoms with Gasteiger partial charge in [-0.05, 0) is 18.2 Å². The Kier molecular flexibility index (Phi) is 3.07. The van der Waals surface area contributed by atoms with Crippen molar-refractivity contribution in [2.45, 2.75) is 0 Å². The minimum Gasteiger partial charge on any atom is -0.409 e. The van der Waals surface area contributed by atoms with E-state index in [1.165, 1.54) is 24.3 Å². The van der Waals surface area contributed by atoms with Crippen LogP contribution in [0, 0.1) is 10.1 Å². The number of non-ortho nitro benzene ring substituents is 1.